The normalized spacial score (nSPS) is 14.9. The van der Waals surface area contributed by atoms with E-state index < -0.39 is 40.0 Å². The molecule has 0 unspecified atom stereocenters. The summed E-state index contributed by atoms with van der Waals surface area (Å²) in [5.41, 5.74) is -1.42. The number of anilines is 1. The number of hydrogen-bond acceptors (Lipinski definition) is 7. The number of pyridine rings is 1. The van der Waals surface area contributed by atoms with Crippen molar-refractivity contribution in [2.45, 2.75) is 25.6 Å². The van der Waals surface area contributed by atoms with Gasteiger partial charge in [0, 0.05) is 30.3 Å². The number of carbonyl (C=O) groups is 1. The molecule has 0 radical (unpaired) electrons. The fraction of sp³-hybridized carbons (Fsp3) is 0.273. The van der Waals surface area contributed by atoms with Gasteiger partial charge in [-0.1, -0.05) is 6.08 Å². The van der Waals surface area contributed by atoms with Crippen LogP contribution >= 0.6 is 0 Å². The highest BCUT2D eigenvalue weighted by Crippen LogP contribution is 2.35. The van der Waals surface area contributed by atoms with Crippen molar-refractivity contribution in [2.75, 3.05) is 18.4 Å². The molecule has 1 aliphatic heterocycles. The molecular weight excluding hydrogens is 485 g/mol. The number of nitro benzene ring substituents is 1. The zero-order valence-electron chi connectivity index (χ0n) is 18.7. The first-order valence-corrected chi connectivity index (χ1v) is 10.6. The van der Waals surface area contributed by atoms with E-state index in [9.17, 15) is 38.0 Å². The summed E-state index contributed by atoms with van der Waals surface area (Å²) >= 11 is 0. The Hall–Kier alpha value is -4.49. The fourth-order valence-corrected chi connectivity index (χ4v) is 3.88. The molecule has 11 nitrogen and oxygen atoms in total. The summed E-state index contributed by atoms with van der Waals surface area (Å²) in [7, 11) is 0. The predicted octanol–water partition coefficient (Wildman–Crippen LogP) is 4.19. The maximum absolute atomic E-state index is 13.3. The number of fused-ring (bicyclic) bond motifs is 1. The molecular formula is C22H19F3N6O5. The summed E-state index contributed by atoms with van der Waals surface area (Å²) < 4.78 is 39.9. The van der Waals surface area contributed by atoms with E-state index in [1.165, 1.54) is 18.0 Å². The summed E-state index contributed by atoms with van der Waals surface area (Å²) in [5, 5.41) is 30.1. The Morgan fingerprint density at radius 2 is 2.03 bits per heavy atom. The van der Waals surface area contributed by atoms with Gasteiger partial charge in [-0.25, -0.2) is 9.89 Å². The lowest BCUT2D eigenvalue weighted by atomic mass is 10.0. The van der Waals surface area contributed by atoms with E-state index in [0.717, 1.165) is 12.1 Å². The first kappa shape index (κ1) is 24.6. The van der Waals surface area contributed by atoms with Crippen molar-refractivity contribution in [3.63, 3.8) is 0 Å². The Kier molecular flexibility index (Phi) is 6.35. The Balaban J connectivity index is 1.73. The second kappa shape index (κ2) is 9.28. The van der Waals surface area contributed by atoms with Crippen LogP contribution in [-0.4, -0.2) is 49.3 Å². The largest absolute Gasteiger partial charge is 0.465 e. The molecule has 3 heterocycles. The number of amides is 1. The summed E-state index contributed by atoms with van der Waals surface area (Å²) in [6.45, 7) is 1.92. The second-order valence-electron chi connectivity index (χ2n) is 8.17. The van der Waals surface area contributed by atoms with E-state index in [-0.39, 0.29) is 23.3 Å². The molecule has 0 fully saturated rings. The average Bonchev–Trinajstić information content (AvgIpc) is 2.84. The van der Waals surface area contributed by atoms with Crippen LogP contribution in [0.15, 0.2) is 41.3 Å². The van der Waals surface area contributed by atoms with Crippen molar-refractivity contribution in [2.24, 2.45) is 0 Å². The number of aromatic amines is 1. The standard InChI is InChI=1S/C22H19F3N6O5/c1-11(13-5-14(22(23,24)25)7-15(6-13)31(35)36)27-19-16-8-18(26-9-17(16)20(32)29-28-19)12-3-2-4-30(10-12)21(33)34/h3,5-9,11H,2,4,10H2,1H3,(H,27,28)(H,29,32)(H,33,34)/t11-/m1/s1. The molecule has 0 aliphatic carbocycles. The number of hydrogen-bond donors (Lipinski definition) is 3. The topological polar surface area (TPSA) is 154 Å². The quantitative estimate of drug-likeness (QED) is 0.345. The Bertz CT molecular complexity index is 1450. The molecule has 36 heavy (non-hydrogen) atoms. The fourth-order valence-electron chi connectivity index (χ4n) is 3.88. The lowest BCUT2D eigenvalue weighted by Crippen LogP contribution is -2.34. The summed E-state index contributed by atoms with van der Waals surface area (Å²) in [6, 6.07) is 2.96. The maximum Gasteiger partial charge on any atom is 0.416 e. The minimum atomic E-state index is -4.79. The van der Waals surface area contributed by atoms with Gasteiger partial charge in [0.2, 0.25) is 0 Å². The van der Waals surface area contributed by atoms with Gasteiger partial charge in [0.05, 0.1) is 34.2 Å². The molecule has 14 heteroatoms. The van der Waals surface area contributed by atoms with Crippen LogP contribution in [0.2, 0.25) is 0 Å². The summed E-state index contributed by atoms with van der Waals surface area (Å²) in [4.78, 5) is 39.4. The van der Waals surface area contributed by atoms with Gasteiger partial charge in [-0.15, -0.1) is 0 Å². The molecule has 1 aliphatic rings. The van der Waals surface area contributed by atoms with Gasteiger partial charge in [0.25, 0.3) is 11.2 Å². The Morgan fingerprint density at radius 1 is 1.28 bits per heavy atom. The monoisotopic (exact) mass is 504 g/mol. The van der Waals surface area contributed by atoms with Gasteiger partial charge in [-0.2, -0.15) is 18.3 Å². The van der Waals surface area contributed by atoms with Crippen LogP contribution < -0.4 is 10.9 Å². The number of alkyl halides is 3. The minimum absolute atomic E-state index is 0.0148. The molecule has 0 spiro atoms. The number of nitrogens with zero attached hydrogens (tertiary/aromatic N) is 4. The van der Waals surface area contributed by atoms with Crippen LogP contribution in [0.5, 0.6) is 0 Å². The number of halogens is 3. The van der Waals surface area contributed by atoms with Crippen LogP contribution in [-0.2, 0) is 6.18 Å². The van der Waals surface area contributed by atoms with Gasteiger partial charge in [0.1, 0.15) is 0 Å². The third kappa shape index (κ3) is 4.96. The molecule has 3 N–H and O–H groups in total. The highest BCUT2D eigenvalue weighted by atomic mass is 19.4. The van der Waals surface area contributed by atoms with Gasteiger partial charge in [0.15, 0.2) is 5.82 Å². The Morgan fingerprint density at radius 3 is 2.69 bits per heavy atom. The van der Waals surface area contributed by atoms with Gasteiger partial charge in [-0.3, -0.25) is 19.9 Å². The van der Waals surface area contributed by atoms with Crippen molar-refractivity contribution in [1.82, 2.24) is 20.1 Å². The molecule has 2 aromatic heterocycles. The van der Waals surface area contributed by atoms with E-state index in [0.29, 0.717) is 35.7 Å². The molecule has 1 amide bonds. The van der Waals surface area contributed by atoms with Crippen LogP contribution in [0.1, 0.15) is 36.2 Å². The highest BCUT2D eigenvalue weighted by Gasteiger charge is 2.33. The van der Waals surface area contributed by atoms with E-state index in [1.807, 2.05) is 6.08 Å². The number of non-ortho nitro benzene ring substituents is 1. The van der Waals surface area contributed by atoms with Crippen LogP contribution in [0, 0.1) is 10.1 Å². The number of carboxylic acid groups (broad SMARTS) is 1. The van der Waals surface area contributed by atoms with E-state index in [1.54, 1.807) is 6.07 Å². The zero-order chi connectivity index (χ0) is 26.2. The third-order valence-corrected chi connectivity index (χ3v) is 5.75. The van der Waals surface area contributed by atoms with Crippen molar-refractivity contribution in [1.29, 1.82) is 0 Å². The number of benzene rings is 1. The predicted molar refractivity (Wildman–Crippen MR) is 122 cm³/mol. The van der Waals surface area contributed by atoms with E-state index in [4.69, 9.17) is 0 Å². The average molecular weight is 504 g/mol. The first-order chi connectivity index (χ1) is 16.9. The lowest BCUT2D eigenvalue weighted by molar-refractivity contribution is -0.385. The Labute approximate surface area is 200 Å². The molecule has 4 rings (SSSR count). The molecule has 1 aromatic carbocycles. The number of nitro groups is 1. The number of aromatic nitrogens is 3. The smallest absolute Gasteiger partial charge is 0.416 e. The molecule has 0 bridgehead atoms. The van der Waals surface area contributed by atoms with Crippen molar-refractivity contribution >= 4 is 33.9 Å². The van der Waals surface area contributed by atoms with Gasteiger partial charge >= 0.3 is 12.3 Å². The molecule has 3 aromatic rings. The van der Waals surface area contributed by atoms with Gasteiger partial charge in [-0.05, 0) is 36.6 Å². The molecule has 188 valence electrons. The maximum atomic E-state index is 13.3. The summed E-state index contributed by atoms with van der Waals surface area (Å²) in [5.74, 6) is 0.104. The second-order valence-corrected chi connectivity index (χ2v) is 8.17. The van der Waals surface area contributed by atoms with Gasteiger partial charge < -0.3 is 15.3 Å². The van der Waals surface area contributed by atoms with E-state index >= 15 is 0 Å². The van der Waals surface area contributed by atoms with Crippen LogP contribution in [0.3, 0.4) is 0 Å². The van der Waals surface area contributed by atoms with Crippen molar-refractivity contribution in [3.05, 3.63) is 73.8 Å². The number of H-pyrrole nitrogens is 1. The number of rotatable bonds is 5. The van der Waals surface area contributed by atoms with Crippen molar-refractivity contribution < 1.29 is 28.0 Å². The summed E-state index contributed by atoms with van der Waals surface area (Å²) in [6.07, 6.45) is -2.25. The van der Waals surface area contributed by atoms with Crippen LogP contribution in [0.25, 0.3) is 16.3 Å². The van der Waals surface area contributed by atoms with E-state index in [2.05, 4.69) is 20.5 Å². The molecule has 0 saturated heterocycles. The zero-order valence-corrected chi connectivity index (χ0v) is 18.7. The SMILES string of the molecule is C[C@@H](Nc1n[nH]c(=O)c2cnc(C3=CCCN(C(=O)O)C3)cc12)c1cc([N+](=O)[O-])cc(C(F)(F)F)c1. The number of nitrogens with one attached hydrogen (secondary N) is 2. The van der Waals surface area contributed by atoms with Crippen LogP contribution in [0.4, 0.5) is 29.5 Å². The molecule has 0 saturated carbocycles. The third-order valence-electron chi connectivity index (χ3n) is 5.75. The molecule has 1 atom stereocenters. The van der Waals surface area contributed by atoms with Crippen molar-refractivity contribution in [3.8, 4) is 0 Å². The lowest BCUT2D eigenvalue weighted by Gasteiger charge is -2.24. The highest BCUT2D eigenvalue weighted by molar-refractivity contribution is 5.92. The first-order valence-electron chi connectivity index (χ1n) is 10.6. The minimum Gasteiger partial charge on any atom is -0.465 e.